The third-order valence-electron chi connectivity index (χ3n) is 6.86. The molecule has 3 aromatic rings. The monoisotopic (exact) mass is 521 g/mol. The van der Waals surface area contributed by atoms with Crippen molar-refractivity contribution in [1.29, 1.82) is 0 Å². The largest absolute Gasteiger partial charge is 0.497 e. The number of carbonyl (C=O) groups is 1. The van der Waals surface area contributed by atoms with Gasteiger partial charge in [-0.15, -0.1) is 0 Å². The minimum absolute atomic E-state index is 0.0495. The van der Waals surface area contributed by atoms with Gasteiger partial charge < -0.3 is 24.8 Å². The molecule has 2 heterocycles. The van der Waals surface area contributed by atoms with Crippen molar-refractivity contribution >= 4 is 17.5 Å². The summed E-state index contributed by atoms with van der Waals surface area (Å²) >= 11 is 6.23. The minimum atomic E-state index is -0.224. The molecule has 7 nitrogen and oxygen atoms in total. The van der Waals surface area contributed by atoms with Crippen LogP contribution in [0.25, 0.3) is 0 Å². The normalized spacial score (nSPS) is 18.6. The number of methoxy groups -OCH3 is 1. The smallest absolute Gasteiger partial charge is 0.237 e. The van der Waals surface area contributed by atoms with Crippen LogP contribution < -0.4 is 24.8 Å². The molecule has 2 N–H and O–H groups in total. The summed E-state index contributed by atoms with van der Waals surface area (Å²) in [6.07, 6.45) is 1.46. The van der Waals surface area contributed by atoms with E-state index in [0.717, 1.165) is 53.3 Å². The molecule has 0 unspecified atom stereocenters. The highest BCUT2D eigenvalue weighted by molar-refractivity contribution is 6.30. The molecule has 37 heavy (non-hydrogen) atoms. The Morgan fingerprint density at radius 3 is 2.73 bits per heavy atom. The number of amides is 1. The second kappa shape index (κ2) is 11.9. The van der Waals surface area contributed by atoms with E-state index in [9.17, 15) is 4.79 Å². The fraction of sp³-hybridized carbons (Fsp3) is 0.345. The number of nitrogens with zero attached hydrogens (tertiary/aromatic N) is 1. The topological polar surface area (TPSA) is 72.1 Å². The second-order valence-electron chi connectivity index (χ2n) is 9.47. The van der Waals surface area contributed by atoms with E-state index in [-0.39, 0.29) is 24.8 Å². The molecule has 0 saturated carbocycles. The van der Waals surface area contributed by atoms with Gasteiger partial charge in [-0.25, -0.2) is 0 Å². The van der Waals surface area contributed by atoms with Crippen LogP contribution in [0.5, 0.6) is 17.2 Å². The first-order chi connectivity index (χ1) is 18.1. The SMILES string of the molecule is COc1cccc(CN[C@@H]2C[C@@H](C(=O)NCCc3ccc4c(c3)OCO4)N(Cc3cccc(Cl)c3)C2)c1. The summed E-state index contributed by atoms with van der Waals surface area (Å²) in [5, 5.41) is 7.50. The molecule has 0 bridgehead atoms. The lowest BCUT2D eigenvalue weighted by Crippen LogP contribution is -2.43. The number of hydrogen-bond donors (Lipinski definition) is 2. The molecule has 194 valence electrons. The lowest BCUT2D eigenvalue weighted by atomic mass is 10.1. The quantitative estimate of drug-likeness (QED) is 0.417. The molecule has 0 aliphatic carbocycles. The molecule has 1 amide bonds. The van der Waals surface area contributed by atoms with E-state index in [1.54, 1.807) is 7.11 Å². The van der Waals surface area contributed by atoms with Crippen LogP contribution in [-0.4, -0.2) is 49.9 Å². The molecule has 2 aliphatic rings. The standard InChI is InChI=1S/C29H32ClN3O4/c1-35-25-7-3-4-21(13-25)16-32-24-15-26(33(18-24)17-22-5-2-6-23(30)12-22)29(34)31-11-10-20-8-9-27-28(14-20)37-19-36-27/h2-9,12-14,24,26,32H,10-11,15-19H2,1H3,(H,31,34)/t24-,26+/m1/s1. The van der Waals surface area contributed by atoms with Gasteiger partial charge in [0.05, 0.1) is 13.2 Å². The number of hydrogen-bond acceptors (Lipinski definition) is 6. The summed E-state index contributed by atoms with van der Waals surface area (Å²) in [5.41, 5.74) is 3.35. The molecular weight excluding hydrogens is 490 g/mol. The van der Waals surface area contributed by atoms with Crippen molar-refractivity contribution in [2.75, 3.05) is 27.0 Å². The summed E-state index contributed by atoms with van der Waals surface area (Å²) in [5.74, 6) is 2.42. The molecule has 3 aromatic carbocycles. The predicted octanol–water partition coefficient (Wildman–Crippen LogP) is 4.17. The van der Waals surface area contributed by atoms with Crippen molar-refractivity contribution in [2.24, 2.45) is 0 Å². The van der Waals surface area contributed by atoms with Gasteiger partial charge in [0.15, 0.2) is 11.5 Å². The van der Waals surface area contributed by atoms with E-state index in [1.165, 1.54) is 0 Å². The second-order valence-corrected chi connectivity index (χ2v) is 9.91. The number of rotatable bonds is 10. The molecule has 0 radical (unpaired) electrons. The van der Waals surface area contributed by atoms with Crippen LogP contribution in [0.4, 0.5) is 0 Å². The van der Waals surface area contributed by atoms with Gasteiger partial charge in [0, 0.05) is 37.2 Å². The van der Waals surface area contributed by atoms with Crippen LogP contribution in [0.15, 0.2) is 66.7 Å². The van der Waals surface area contributed by atoms with E-state index in [2.05, 4.69) is 27.7 Å². The maximum Gasteiger partial charge on any atom is 0.237 e. The van der Waals surface area contributed by atoms with Crippen LogP contribution in [0.1, 0.15) is 23.1 Å². The van der Waals surface area contributed by atoms with Gasteiger partial charge in [-0.1, -0.05) is 41.9 Å². The van der Waals surface area contributed by atoms with E-state index < -0.39 is 0 Å². The third kappa shape index (κ3) is 6.55. The van der Waals surface area contributed by atoms with Crippen molar-refractivity contribution in [1.82, 2.24) is 15.5 Å². The number of halogens is 1. The number of ether oxygens (including phenoxy) is 3. The van der Waals surface area contributed by atoms with Gasteiger partial charge in [-0.3, -0.25) is 9.69 Å². The minimum Gasteiger partial charge on any atom is -0.497 e. The molecule has 0 aromatic heterocycles. The molecule has 2 aliphatic heterocycles. The Bertz CT molecular complexity index is 1240. The van der Waals surface area contributed by atoms with Crippen molar-refractivity contribution in [3.05, 3.63) is 88.4 Å². The number of benzene rings is 3. The summed E-state index contributed by atoms with van der Waals surface area (Å²) in [7, 11) is 1.67. The Balaban J connectivity index is 1.20. The number of carbonyl (C=O) groups excluding carboxylic acids is 1. The zero-order valence-corrected chi connectivity index (χ0v) is 21.7. The van der Waals surface area contributed by atoms with Crippen molar-refractivity contribution in [3.63, 3.8) is 0 Å². The Morgan fingerprint density at radius 1 is 1.03 bits per heavy atom. The van der Waals surface area contributed by atoms with Crippen molar-refractivity contribution in [2.45, 2.75) is 38.0 Å². The van der Waals surface area contributed by atoms with Crippen LogP contribution in [0, 0.1) is 0 Å². The van der Waals surface area contributed by atoms with E-state index in [0.29, 0.717) is 24.7 Å². The van der Waals surface area contributed by atoms with E-state index >= 15 is 0 Å². The van der Waals surface area contributed by atoms with Gasteiger partial charge >= 0.3 is 0 Å². The zero-order valence-electron chi connectivity index (χ0n) is 20.9. The van der Waals surface area contributed by atoms with Gasteiger partial charge in [0.1, 0.15) is 5.75 Å². The van der Waals surface area contributed by atoms with Crippen LogP contribution in [0.2, 0.25) is 5.02 Å². The fourth-order valence-electron chi connectivity index (χ4n) is 4.96. The maximum atomic E-state index is 13.3. The Labute approximate surface area is 222 Å². The van der Waals surface area contributed by atoms with E-state index in [4.69, 9.17) is 25.8 Å². The molecule has 2 atom stereocenters. The molecule has 1 fully saturated rings. The highest BCUT2D eigenvalue weighted by Gasteiger charge is 2.36. The van der Waals surface area contributed by atoms with Crippen LogP contribution >= 0.6 is 11.6 Å². The van der Waals surface area contributed by atoms with Crippen LogP contribution in [-0.2, 0) is 24.3 Å². The van der Waals surface area contributed by atoms with Crippen LogP contribution in [0.3, 0.4) is 0 Å². The Morgan fingerprint density at radius 2 is 1.86 bits per heavy atom. The van der Waals surface area contributed by atoms with Gasteiger partial charge in [-0.2, -0.15) is 0 Å². The average Bonchev–Trinajstić information content (AvgIpc) is 3.54. The predicted molar refractivity (Wildman–Crippen MR) is 143 cm³/mol. The molecular formula is C29H32ClN3O4. The first kappa shape index (κ1) is 25.4. The van der Waals surface area contributed by atoms with Crippen molar-refractivity contribution < 1.29 is 19.0 Å². The molecule has 1 saturated heterocycles. The fourth-order valence-corrected chi connectivity index (χ4v) is 5.17. The van der Waals surface area contributed by atoms with Gasteiger partial charge in [-0.05, 0) is 65.9 Å². The van der Waals surface area contributed by atoms with Gasteiger partial charge in [0.25, 0.3) is 0 Å². The maximum absolute atomic E-state index is 13.3. The molecule has 5 rings (SSSR count). The summed E-state index contributed by atoms with van der Waals surface area (Å²) in [6, 6.07) is 21.8. The summed E-state index contributed by atoms with van der Waals surface area (Å²) < 4.78 is 16.2. The molecule has 0 spiro atoms. The lowest BCUT2D eigenvalue weighted by molar-refractivity contribution is -0.125. The molecule has 8 heteroatoms. The lowest BCUT2D eigenvalue weighted by Gasteiger charge is -2.23. The van der Waals surface area contributed by atoms with Gasteiger partial charge in [0.2, 0.25) is 12.7 Å². The third-order valence-corrected chi connectivity index (χ3v) is 7.09. The number of fused-ring (bicyclic) bond motifs is 1. The first-order valence-electron chi connectivity index (χ1n) is 12.6. The van der Waals surface area contributed by atoms with E-state index in [1.807, 2.05) is 54.6 Å². The Hall–Kier alpha value is -3.26. The van der Waals surface area contributed by atoms with Crippen molar-refractivity contribution in [3.8, 4) is 17.2 Å². The summed E-state index contributed by atoms with van der Waals surface area (Å²) in [4.78, 5) is 15.6. The average molecular weight is 522 g/mol. The first-order valence-corrected chi connectivity index (χ1v) is 13.0. The Kier molecular flexibility index (Phi) is 8.14. The zero-order chi connectivity index (χ0) is 25.6. The summed E-state index contributed by atoms with van der Waals surface area (Å²) in [6.45, 7) is 2.97. The highest BCUT2D eigenvalue weighted by atomic mass is 35.5. The number of nitrogens with one attached hydrogen (secondary N) is 2. The highest BCUT2D eigenvalue weighted by Crippen LogP contribution is 2.32. The number of likely N-dealkylation sites (tertiary alicyclic amines) is 1.